The molecule has 0 aromatic heterocycles. The van der Waals surface area contributed by atoms with Crippen molar-refractivity contribution in [2.45, 2.75) is 24.8 Å². The zero-order valence-corrected chi connectivity index (χ0v) is 16.7. The predicted octanol–water partition coefficient (Wildman–Crippen LogP) is 2.88. The van der Waals surface area contributed by atoms with E-state index in [1.54, 1.807) is 13.8 Å². The topological polar surface area (TPSA) is 119 Å². The van der Waals surface area contributed by atoms with Gasteiger partial charge in [0.1, 0.15) is 5.75 Å². The van der Waals surface area contributed by atoms with Gasteiger partial charge in [-0.3, -0.25) is 14.9 Å². The van der Waals surface area contributed by atoms with Gasteiger partial charge in [-0.15, -0.1) is 0 Å². The molecule has 0 aliphatic heterocycles. The van der Waals surface area contributed by atoms with Gasteiger partial charge in [-0.05, 0) is 44.2 Å². The number of hydrogen-bond acceptors (Lipinski definition) is 6. The molecule has 9 nitrogen and oxygen atoms in total. The van der Waals surface area contributed by atoms with Crippen molar-refractivity contribution in [3.8, 4) is 5.75 Å². The van der Waals surface area contributed by atoms with E-state index in [4.69, 9.17) is 4.74 Å². The highest BCUT2D eigenvalue weighted by atomic mass is 32.2. The Morgan fingerprint density at radius 1 is 1.18 bits per heavy atom. The van der Waals surface area contributed by atoms with Crippen LogP contribution < -0.4 is 10.1 Å². The number of methoxy groups -OCH3 is 1. The minimum absolute atomic E-state index is 0.00654. The molecule has 0 saturated heterocycles. The van der Waals surface area contributed by atoms with Gasteiger partial charge in [0.2, 0.25) is 10.0 Å². The zero-order valence-electron chi connectivity index (χ0n) is 15.9. The minimum Gasteiger partial charge on any atom is -0.496 e. The van der Waals surface area contributed by atoms with Crippen molar-refractivity contribution in [3.63, 3.8) is 0 Å². The van der Waals surface area contributed by atoms with Crippen LogP contribution in [0.1, 0.15) is 24.2 Å². The van der Waals surface area contributed by atoms with Crippen molar-refractivity contribution in [3.05, 3.63) is 58.1 Å². The maximum Gasteiger partial charge on any atom is 0.270 e. The number of nitro groups is 1. The summed E-state index contributed by atoms with van der Waals surface area (Å²) < 4.78 is 31.3. The van der Waals surface area contributed by atoms with E-state index in [0.29, 0.717) is 5.69 Å². The maximum absolute atomic E-state index is 12.5. The largest absolute Gasteiger partial charge is 0.496 e. The number of anilines is 1. The fourth-order valence-corrected chi connectivity index (χ4v) is 3.71. The number of carbonyl (C=O) groups is 1. The molecule has 150 valence electrons. The molecule has 0 atom stereocenters. The van der Waals surface area contributed by atoms with Gasteiger partial charge in [0, 0.05) is 30.9 Å². The van der Waals surface area contributed by atoms with Crippen LogP contribution in [0.5, 0.6) is 5.75 Å². The van der Waals surface area contributed by atoms with Gasteiger partial charge in [-0.25, -0.2) is 8.42 Å². The van der Waals surface area contributed by atoms with Crippen LogP contribution in [0.15, 0.2) is 47.4 Å². The molecule has 0 radical (unpaired) electrons. The first-order valence-electron chi connectivity index (χ1n) is 8.29. The molecule has 28 heavy (non-hydrogen) atoms. The Labute approximate surface area is 163 Å². The average Bonchev–Trinajstić information content (AvgIpc) is 2.66. The number of amides is 1. The van der Waals surface area contributed by atoms with E-state index >= 15 is 0 Å². The highest BCUT2D eigenvalue weighted by molar-refractivity contribution is 7.89. The van der Waals surface area contributed by atoms with E-state index in [1.807, 2.05) is 0 Å². The summed E-state index contributed by atoms with van der Waals surface area (Å²) >= 11 is 0. The number of nitrogens with zero attached hydrogens (tertiary/aromatic N) is 2. The molecule has 0 heterocycles. The van der Waals surface area contributed by atoms with Crippen LogP contribution in [0.4, 0.5) is 11.4 Å². The summed E-state index contributed by atoms with van der Waals surface area (Å²) in [5.74, 6) is -0.434. The van der Waals surface area contributed by atoms with Crippen LogP contribution in [0.25, 0.3) is 0 Å². The number of sulfonamides is 1. The monoisotopic (exact) mass is 407 g/mol. The quantitative estimate of drug-likeness (QED) is 0.557. The predicted molar refractivity (Wildman–Crippen MR) is 104 cm³/mol. The van der Waals surface area contributed by atoms with Crippen LogP contribution in [-0.2, 0) is 10.0 Å². The molecule has 2 rings (SSSR count). The van der Waals surface area contributed by atoms with Crippen molar-refractivity contribution in [2.24, 2.45) is 0 Å². The molecule has 0 aliphatic rings. The number of nitro benzene ring substituents is 1. The van der Waals surface area contributed by atoms with E-state index in [0.717, 1.165) is 6.07 Å². The number of nitrogens with one attached hydrogen (secondary N) is 1. The second kappa shape index (κ2) is 8.36. The van der Waals surface area contributed by atoms with E-state index in [2.05, 4.69) is 5.32 Å². The first kappa shape index (κ1) is 21.3. The Morgan fingerprint density at radius 3 is 2.29 bits per heavy atom. The third-order valence-corrected chi connectivity index (χ3v) is 6.20. The number of hydrogen-bond donors (Lipinski definition) is 1. The number of benzene rings is 2. The first-order chi connectivity index (χ1) is 13.1. The standard InChI is InChI=1S/C18H21N3O6S/c1-12(2)20(3)28(25,26)15-8-5-13(6-9-15)19-18(22)16-11-14(21(23)24)7-10-17(16)27-4/h5-12H,1-4H3,(H,19,22). The minimum atomic E-state index is -3.64. The van der Waals surface area contributed by atoms with Crippen molar-refractivity contribution < 1.29 is 22.9 Å². The van der Waals surface area contributed by atoms with Crippen LogP contribution in [0, 0.1) is 10.1 Å². The molecule has 0 bridgehead atoms. The Kier molecular flexibility index (Phi) is 6.37. The summed E-state index contributed by atoms with van der Waals surface area (Å²) in [4.78, 5) is 22.9. The second-order valence-electron chi connectivity index (χ2n) is 6.24. The first-order valence-corrected chi connectivity index (χ1v) is 9.73. The van der Waals surface area contributed by atoms with Crippen LogP contribution >= 0.6 is 0 Å². The van der Waals surface area contributed by atoms with Crippen LogP contribution in [0.2, 0.25) is 0 Å². The lowest BCUT2D eigenvalue weighted by molar-refractivity contribution is -0.384. The van der Waals surface area contributed by atoms with E-state index in [1.165, 1.54) is 54.9 Å². The zero-order chi connectivity index (χ0) is 21.1. The molecule has 2 aromatic carbocycles. The molecular weight excluding hydrogens is 386 g/mol. The number of ether oxygens (including phenoxy) is 1. The molecule has 2 aromatic rings. The average molecular weight is 407 g/mol. The molecule has 0 saturated carbocycles. The normalized spacial score (nSPS) is 11.5. The Hall–Kier alpha value is -2.98. The Balaban J connectivity index is 2.27. The van der Waals surface area contributed by atoms with E-state index in [9.17, 15) is 23.3 Å². The molecule has 1 N–H and O–H groups in total. The van der Waals surface area contributed by atoms with Gasteiger partial charge in [0.25, 0.3) is 11.6 Å². The highest BCUT2D eigenvalue weighted by Crippen LogP contribution is 2.25. The lowest BCUT2D eigenvalue weighted by Crippen LogP contribution is -2.33. The SMILES string of the molecule is COc1ccc([N+](=O)[O-])cc1C(=O)Nc1ccc(S(=O)(=O)N(C)C(C)C)cc1. The highest BCUT2D eigenvalue weighted by Gasteiger charge is 2.23. The van der Waals surface area contributed by atoms with Crippen molar-refractivity contribution in [1.29, 1.82) is 0 Å². The Bertz CT molecular complexity index is 987. The summed E-state index contributed by atoms with van der Waals surface area (Å²) in [6, 6.07) is 9.15. The third kappa shape index (κ3) is 4.46. The van der Waals surface area contributed by atoms with Gasteiger partial charge in [-0.1, -0.05) is 0 Å². The summed E-state index contributed by atoms with van der Waals surface area (Å²) in [7, 11) is -0.795. The Morgan fingerprint density at radius 2 is 1.79 bits per heavy atom. The summed E-state index contributed by atoms with van der Waals surface area (Å²) in [6.45, 7) is 3.52. The lowest BCUT2D eigenvalue weighted by Gasteiger charge is -2.21. The van der Waals surface area contributed by atoms with Gasteiger partial charge in [0.15, 0.2) is 0 Å². The molecule has 1 amide bonds. The summed E-state index contributed by atoms with van der Waals surface area (Å²) in [6.07, 6.45) is 0. The molecule has 10 heteroatoms. The third-order valence-electron chi connectivity index (χ3n) is 4.15. The van der Waals surface area contributed by atoms with Crippen molar-refractivity contribution in [1.82, 2.24) is 4.31 Å². The van der Waals surface area contributed by atoms with E-state index < -0.39 is 20.9 Å². The lowest BCUT2D eigenvalue weighted by atomic mass is 10.1. The molecule has 0 unspecified atom stereocenters. The van der Waals surface area contributed by atoms with Crippen LogP contribution in [0.3, 0.4) is 0 Å². The molecular formula is C18H21N3O6S. The number of carbonyl (C=O) groups excluding carboxylic acids is 1. The van der Waals surface area contributed by atoms with Crippen molar-refractivity contribution in [2.75, 3.05) is 19.5 Å². The number of rotatable bonds is 7. The summed E-state index contributed by atoms with van der Waals surface area (Å²) in [5.41, 5.74) is 0.0850. The van der Waals surface area contributed by atoms with E-state index in [-0.39, 0.29) is 27.9 Å². The van der Waals surface area contributed by atoms with Crippen molar-refractivity contribution >= 4 is 27.3 Å². The van der Waals surface area contributed by atoms with Crippen LogP contribution in [-0.4, -0.2) is 43.8 Å². The van der Waals surface area contributed by atoms with Gasteiger partial charge >= 0.3 is 0 Å². The van der Waals surface area contributed by atoms with Gasteiger partial charge < -0.3 is 10.1 Å². The summed E-state index contributed by atoms with van der Waals surface area (Å²) in [5, 5.41) is 13.5. The van der Waals surface area contributed by atoms with Gasteiger partial charge in [-0.2, -0.15) is 4.31 Å². The smallest absolute Gasteiger partial charge is 0.270 e. The second-order valence-corrected chi connectivity index (χ2v) is 8.23. The fraction of sp³-hybridized carbons (Fsp3) is 0.278. The molecule has 0 aliphatic carbocycles. The van der Waals surface area contributed by atoms with Gasteiger partial charge in [0.05, 0.1) is 22.5 Å². The number of non-ortho nitro benzene ring substituents is 1. The molecule has 0 fully saturated rings. The fourth-order valence-electron chi connectivity index (χ4n) is 2.34. The molecule has 0 spiro atoms. The maximum atomic E-state index is 12.5.